The maximum Gasteiger partial charge on any atom is 0.323 e. The summed E-state index contributed by atoms with van der Waals surface area (Å²) in [4.78, 5) is 26.4. The van der Waals surface area contributed by atoms with Crippen molar-refractivity contribution in [3.05, 3.63) is 0 Å². The molecule has 2 amide bonds. The monoisotopic (exact) mass is 214 g/mol. The first-order chi connectivity index (χ1) is 7.06. The van der Waals surface area contributed by atoms with Crippen LogP contribution in [-0.4, -0.2) is 54.3 Å². The van der Waals surface area contributed by atoms with Gasteiger partial charge in [0.25, 0.3) is 0 Å². The number of hydrogen-bond donors (Lipinski definition) is 2. The van der Waals surface area contributed by atoms with Crippen LogP contribution in [0.5, 0.6) is 0 Å². The molecular formula is C9H18N4O2. The Hall–Kier alpha value is -1.14. The Kier molecular flexibility index (Phi) is 4.05. The van der Waals surface area contributed by atoms with E-state index in [4.69, 9.17) is 5.84 Å². The number of nitrogens with one attached hydrogen (secondary N) is 1. The van der Waals surface area contributed by atoms with Crippen LogP contribution >= 0.6 is 0 Å². The van der Waals surface area contributed by atoms with E-state index in [-0.39, 0.29) is 6.04 Å². The van der Waals surface area contributed by atoms with Crippen LogP contribution in [-0.2, 0) is 9.59 Å². The van der Waals surface area contributed by atoms with Crippen LogP contribution in [0.1, 0.15) is 13.3 Å². The molecule has 0 aromatic carbocycles. The predicted octanol–water partition coefficient (Wildman–Crippen LogP) is -1.47. The fourth-order valence-corrected chi connectivity index (χ4v) is 1.87. The number of nitrogens with zero attached hydrogens (tertiary/aromatic N) is 2. The Balaban J connectivity index is 2.67. The number of likely N-dealkylation sites (N-methyl/N-ethyl adjacent to an activating group) is 1. The second kappa shape index (κ2) is 5.09. The van der Waals surface area contributed by atoms with Gasteiger partial charge in [-0.25, -0.2) is 5.84 Å². The summed E-state index contributed by atoms with van der Waals surface area (Å²) in [6.45, 7) is 4.27. The van der Waals surface area contributed by atoms with E-state index in [1.807, 2.05) is 19.4 Å². The fraction of sp³-hybridized carbons (Fsp3) is 0.778. The van der Waals surface area contributed by atoms with Gasteiger partial charge in [0, 0.05) is 19.1 Å². The summed E-state index contributed by atoms with van der Waals surface area (Å²) in [6, 6.07) is 0.0438. The van der Waals surface area contributed by atoms with Crippen LogP contribution < -0.4 is 11.3 Å². The molecule has 1 unspecified atom stereocenters. The molecule has 0 bridgehead atoms. The topological polar surface area (TPSA) is 78.7 Å². The number of amides is 2. The fourth-order valence-electron chi connectivity index (χ4n) is 1.87. The number of hydrazine groups is 1. The number of carbonyl (C=O) groups excluding carboxylic acids is 2. The highest BCUT2D eigenvalue weighted by Crippen LogP contribution is 2.08. The molecule has 0 aliphatic carbocycles. The molecule has 1 aliphatic heterocycles. The van der Waals surface area contributed by atoms with Crippen LogP contribution in [0.25, 0.3) is 0 Å². The second-order valence-corrected chi connectivity index (χ2v) is 3.94. The van der Waals surface area contributed by atoms with Gasteiger partial charge in [0.15, 0.2) is 0 Å². The lowest BCUT2D eigenvalue weighted by Gasteiger charge is -2.26. The molecule has 0 aromatic rings. The molecule has 1 rings (SSSR count). The predicted molar refractivity (Wildman–Crippen MR) is 55.6 cm³/mol. The lowest BCUT2D eigenvalue weighted by Crippen LogP contribution is -2.50. The number of hydrogen-bond acceptors (Lipinski definition) is 4. The molecule has 1 heterocycles. The van der Waals surface area contributed by atoms with Crippen LogP contribution in [0.3, 0.4) is 0 Å². The SMILES string of the molecule is CC1CN(C)CCCN1C(=O)C(=O)NN. The Morgan fingerprint density at radius 3 is 2.67 bits per heavy atom. The van der Waals surface area contributed by atoms with Gasteiger partial charge in [0.1, 0.15) is 0 Å². The Bertz CT molecular complexity index is 256. The van der Waals surface area contributed by atoms with Crippen molar-refractivity contribution >= 4 is 11.8 Å². The minimum Gasteiger partial charge on any atom is -0.330 e. The van der Waals surface area contributed by atoms with Crippen molar-refractivity contribution in [3.63, 3.8) is 0 Å². The highest BCUT2D eigenvalue weighted by molar-refractivity contribution is 6.34. The molecule has 6 nitrogen and oxygen atoms in total. The van der Waals surface area contributed by atoms with Crippen molar-refractivity contribution < 1.29 is 9.59 Å². The van der Waals surface area contributed by atoms with Crippen LogP contribution in [0.15, 0.2) is 0 Å². The van der Waals surface area contributed by atoms with E-state index >= 15 is 0 Å². The van der Waals surface area contributed by atoms with Crippen molar-refractivity contribution in [1.82, 2.24) is 15.2 Å². The smallest absolute Gasteiger partial charge is 0.323 e. The molecule has 0 aromatic heterocycles. The molecule has 3 N–H and O–H groups in total. The molecule has 6 heteroatoms. The summed E-state index contributed by atoms with van der Waals surface area (Å²) >= 11 is 0. The van der Waals surface area contributed by atoms with Crippen LogP contribution in [0.2, 0.25) is 0 Å². The average Bonchev–Trinajstić information content (AvgIpc) is 2.37. The summed E-state index contributed by atoms with van der Waals surface area (Å²) in [7, 11) is 2.01. The Labute approximate surface area is 89.4 Å². The normalized spacial score (nSPS) is 23.4. The third-order valence-electron chi connectivity index (χ3n) is 2.63. The third kappa shape index (κ3) is 2.90. The Morgan fingerprint density at radius 2 is 2.07 bits per heavy atom. The first kappa shape index (κ1) is 11.9. The minimum atomic E-state index is -0.744. The number of rotatable bonds is 0. The summed E-state index contributed by atoms with van der Waals surface area (Å²) < 4.78 is 0. The number of nitrogens with two attached hydrogens (primary N) is 1. The zero-order valence-corrected chi connectivity index (χ0v) is 9.19. The maximum atomic E-state index is 11.6. The van der Waals surface area contributed by atoms with Gasteiger partial charge in [-0.1, -0.05) is 0 Å². The Morgan fingerprint density at radius 1 is 1.40 bits per heavy atom. The molecule has 1 aliphatic rings. The van der Waals surface area contributed by atoms with Crippen molar-refractivity contribution in [2.75, 3.05) is 26.7 Å². The molecule has 1 saturated heterocycles. The lowest BCUT2D eigenvalue weighted by molar-refractivity contribution is -0.147. The molecule has 0 spiro atoms. The second-order valence-electron chi connectivity index (χ2n) is 3.94. The van der Waals surface area contributed by atoms with E-state index in [0.29, 0.717) is 6.54 Å². The summed E-state index contributed by atoms with van der Waals surface area (Å²) in [5.41, 5.74) is 1.87. The van der Waals surface area contributed by atoms with E-state index in [2.05, 4.69) is 4.90 Å². The molecule has 1 atom stereocenters. The van der Waals surface area contributed by atoms with E-state index in [0.717, 1.165) is 19.5 Å². The summed E-state index contributed by atoms with van der Waals surface area (Å²) in [5.74, 6) is 3.65. The van der Waals surface area contributed by atoms with Gasteiger partial charge in [-0.2, -0.15) is 0 Å². The summed E-state index contributed by atoms with van der Waals surface area (Å²) in [6.07, 6.45) is 0.879. The van der Waals surface area contributed by atoms with Gasteiger partial charge in [-0.05, 0) is 26.9 Å². The van der Waals surface area contributed by atoms with Gasteiger partial charge >= 0.3 is 11.8 Å². The van der Waals surface area contributed by atoms with Gasteiger partial charge in [-0.3, -0.25) is 15.0 Å². The summed E-state index contributed by atoms with van der Waals surface area (Å²) in [5, 5.41) is 0. The standard InChI is InChI=1S/C9H18N4O2/c1-7-6-12(2)4-3-5-13(7)9(15)8(14)11-10/h7H,3-6,10H2,1-2H3,(H,11,14). The van der Waals surface area contributed by atoms with E-state index in [9.17, 15) is 9.59 Å². The minimum absolute atomic E-state index is 0.0438. The van der Waals surface area contributed by atoms with Crippen molar-refractivity contribution in [2.24, 2.45) is 5.84 Å². The quantitative estimate of drug-likeness (QED) is 0.223. The highest BCUT2D eigenvalue weighted by atomic mass is 16.2. The molecule has 86 valence electrons. The van der Waals surface area contributed by atoms with Gasteiger partial charge in [0.05, 0.1) is 0 Å². The largest absolute Gasteiger partial charge is 0.330 e. The first-order valence-corrected chi connectivity index (χ1v) is 5.06. The zero-order valence-electron chi connectivity index (χ0n) is 9.19. The van der Waals surface area contributed by atoms with Crippen molar-refractivity contribution in [3.8, 4) is 0 Å². The van der Waals surface area contributed by atoms with Gasteiger partial charge in [0.2, 0.25) is 0 Å². The highest BCUT2D eigenvalue weighted by Gasteiger charge is 2.27. The van der Waals surface area contributed by atoms with E-state index in [1.165, 1.54) is 0 Å². The van der Waals surface area contributed by atoms with Crippen molar-refractivity contribution in [1.29, 1.82) is 0 Å². The lowest BCUT2D eigenvalue weighted by atomic mass is 10.2. The molecule has 1 fully saturated rings. The van der Waals surface area contributed by atoms with E-state index < -0.39 is 11.8 Å². The maximum absolute atomic E-state index is 11.6. The zero-order chi connectivity index (χ0) is 11.4. The van der Waals surface area contributed by atoms with Gasteiger partial charge < -0.3 is 9.80 Å². The van der Waals surface area contributed by atoms with Crippen molar-refractivity contribution in [2.45, 2.75) is 19.4 Å². The molecule has 0 saturated carbocycles. The average molecular weight is 214 g/mol. The van der Waals surface area contributed by atoms with Crippen LogP contribution in [0.4, 0.5) is 0 Å². The molecular weight excluding hydrogens is 196 g/mol. The first-order valence-electron chi connectivity index (χ1n) is 5.06. The molecule has 15 heavy (non-hydrogen) atoms. The van der Waals surface area contributed by atoms with Crippen LogP contribution in [0, 0.1) is 0 Å². The number of carbonyl (C=O) groups is 2. The van der Waals surface area contributed by atoms with E-state index in [1.54, 1.807) is 4.90 Å². The molecule has 0 radical (unpaired) electrons. The van der Waals surface area contributed by atoms with Gasteiger partial charge in [-0.15, -0.1) is 0 Å². The third-order valence-corrected chi connectivity index (χ3v) is 2.63.